The molecule has 2 aromatic carbocycles. The van der Waals surface area contributed by atoms with Gasteiger partial charge in [-0.25, -0.2) is 4.98 Å². The number of rotatable bonds is 2. The maximum atomic E-state index is 13.2. The Kier molecular flexibility index (Phi) is 4.40. The van der Waals surface area contributed by atoms with Crippen LogP contribution in [0.2, 0.25) is 5.02 Å². The number of benzene rings is 2. The van der Waals surface area contributed by atoms with Gasteiger partial charge in [0.2, 0.25) is 0 Å². The Bertz CT molecular complexity index is 944. The predicted molar refractivity (Wildman–Crippen MR) is 83.6 cm³/mol. The van der Waals surface area contributed by atoms with Gasteiger partial charge in [0, 0.05) is 5.02 Å². The lowest BCUT2D eigenvalue weighted by Gasteiger charge is -2.11. The monoisotopic (exact) mass is 393 g/mol. The van der Waals surface area contributed by atoms with E-state index in [0.717, 1.165) is 0 Å². The number of hydrogen-bond acceptors (Lipinski definition) is 2. The fourth-order valence-electron chi connectivity index (χ4n) is 2.49. The van der Waals surface area contributed by atoms with Gasteiger partial charge < -0.3 is 10.7 Å². The summed E-state index contributed by atoms with van der Waals surface area (Å²) in [6.45, 7) is 0. The molecule has 0 saturated carbocycles. The summed E-state index contributed by atoms with van der Waals surface area (Å²) in [5.41, 5.74) is 2.54. The number of nitrogens with zero attached hydrogens (tertiary/aromatic N) is 1. The van der Waals surface area contributed by atoms with Crippen molar-refractivity contribution in [1.82, 2.24) is 9.97 Å². The van der Waals surface area contributed by atoms with Gasteiger partial charge in [-0.15, -0.1) is 0 Å². The van der Waals surface area contributed by atoms with Crippen molar-refractivity contribution in [1.29, 1.82) is 0 Å². The van der Waals surface area contributed by atoms with E-state index in [9.17, 15) is 26.3 Å². The first-order chi connectivity index (χ1) is 12.0. The van der Waals surface area contributed by atoms with E-state index in [1.165, 1.54) is 12.1 Å². The average molecular weight is 394 g/mol. The van der Waals surface area contributed by atoms with Crippen LogP contribution in [0.5, 0.6) is 0 Å². The van der Waals surface area contributed by atoms with Crippen molar-refractivity contribution in [3.63, 3.8) is 0 Å². The maximum Gasteiger partial charge on any atom is 0.418 e. The summed E-state index contributed by atoms with van der Waals surface area (Å²) in [6, 6.07) is 5.81. The Morgan fingerprint density at radius 2 is 1.58 bits per heavy atom. The molecule has 3 N–H and O–H groups in total. The molecule has 10 heteroatoms. The van der Waals surface area contributed by atoms with E-state index in [1.54, 1.807) is 12.1 Å². The van der Waals surface area contributed by atoms with Crippen LogP contribution in [0, 0.1) is 0 Å². The van der Waals surface area contributed by atoms with Crippen LogP contribution >= 0.6 is 11.6 Å². The van der Waals surface area contributed by atoms with Gasteiger partial charge in [0.25, 0.3) is 0 Å². The highest BCUT2D eigenvalue weighted by Gasteiger charge is 2.39. The van der Waals surface area contributed by atoms with Gasteiger partial charge in [0.1, 0.15) is 11.3 Å². The molecule has 0 aliphatic carbocycles. The van der Waals surface area contributed by atoms with Gasteiger partial charge in [0.05, 0.1) is 22.7 Å². The number of alkyl halides is 6. The van der Waals surface area contributed by atoms with E-state index in [2.05, 4.69) is 9.97 Å². The maximum absolute atomic E-state index is 13.2. The van der Waals surface area contributed by atoms with Crippen LogP contribution in [0.15, 0.2) is 36.4 Å². The lowest BCUT2D eigenvalue weighted by molar-refractivity contribution is -0.142. The molecule has 1 heterocycles. The Morgan fingerprint density at radius 1 is 0.962 bits per heavy atom. The average Bonchev–Trinajstić information content (AvgIpc) is 2.96. The standard InChI is InChI=1S/C16H10ClF6N3/c17-9-3-1-7(2-4-9)12(24)14-25-11-6-8(15(18,19)20)5-10(13(11)26-14)16(21,22)23/h1-6,12H,24H2,(H,25,26). The Labute approximate surface area is 147 Å². The number of nitrogens with one attached hydrogen (secondary N) is 1. The third kappa shape index (κ3) is 3.49. The van der Waals surface area contributed by atoms with Crippen LogP contribution in [-0.2, 0) is 12.4 Å². The second-order valence-electron chi connectivity index (χ2n) is 5.57. The molecule has 0 aliphatic rings. The van der Waals surface area contributed by atoms with Crippen LogP contribution in [0.3, 0.4) is 0 Å². The van der Waals surface area contributed by atoms with Crippen LogP contribution in [0.25, 0.3) is 11.0 Å². The molecule has 3 aromatic rings. The number of aromatic nitrogens is 2. The smallest absolute Gasteiger partial charge is 0.340 e. The first kappa shape index (κ1) is 18.5. The summed E-state index contributed by atoms with van der Waals surface area (Å²) in [4.78, 5) is 6.26. The van der Waals surface area contributed by atoms with Gasteiger partial charge in [-0.2, -0.15) is 26.3 Å². The second kappa shape index (κ2) is 6.17. The molecular formula is C16H10ClF6N3. The van der Waals surface area contributed by atoms with Crippen LogP contribution in [0.1, 0.15) is 28.6 Å². The molecule has 0 fully saturated rings. The molecule has 1 aromatic heterocycles. The SMILES string of the molecule is NC(c1ccc(Cl)cc1)c1nc2c(C(F)(F)F)cc(C(F)(F)F)cc2[nH]1. The Balaban J connectivity index is 2.16. The van der Waals surface area contributed by atoms with Crippen molar-refractivity contribution in [2.24, 2.45) is 5.73 Å². The lowest BCUT2D eigenvalue weighted by Crippen LogP contribution is -2.13. The largest absolute Gasteiger partial charge is 0.418 e. The lowest BCUT2D eigenvalue weighted by atomic mass is 10.1. The summed E-state index contributed by atoms with van der Waals surface area (Å²) in [6.07, 6.45) is -9.94. The van der Waals surface area contributed by atoms with E-state index in [0.29, 0.717) is 16.7 Å². The molecule has 0 spiro atoms. The van der Waals surface area contributed by atoms with Crippen molar-refractivity contribution in [2.75, 3.05) is 0 Å². The summed E-state index contributed by atoms with van der Waals surface area (Å²) in [5.74, 6) is -0.0906. The van der Waals surface area contributed by atoms with E-state index in [-0.39, 0.29) is 11.9 Å². The number of halogens is 7. The highest BCUT2D eigenvalue weighted by molar-refractivity contribution is 6.30. The second-order valence-corrected chi connectivity index (χ2v) is 6.00. The highest BCUT2D eigenvalue weighted by atomic mass is 35.5. The Hall–Kier alpha value is -2.26. The summed E-state index contributed by atoms with van der Waals surface area (Å²) < 4.78 is 78.3. The quantitative estimate of drug-likeness (QED) is 0.580. The topological polar surface area (TPSA) is 54.7 Å². The van der Waals surface area contributed by atoms with Gasteiger partial charge in [0.15, 0.2) is 0 Å². The summed E-state index contributed by atoms with van der Waals surface area (Å²) in [7, 11) is 0. The molecule has 1 atom stereocenters. The molecule has 26 heavy (non-hydrogen) atoms. The van der Waals surface area contributed by atoms with Crippen molar-refractivity contribution >= 4 is 22.6 Å². The number of aromatic amines is 1. The van der Waals surface area contributed by atoms with Gasteiger partial charge in [-0.1, -0.05) is 23.7 Å². The number of imidazole rings is 1. The third-order valence-corrected chi connectivity index (χ3v) is 4.01. The molecule has 1 unspecified atom stereocenters. The fourth-order valence-corrected chi connectivity index (χ4v) is 2.62. The Morgan fingerprint density at radius 3 is 2.12 bits per heavy atom. The molecule has 138 valence electrons. The minimum absolute atomic E-state index is 0.0424. The van der Waals surface area contributed by atoms with Gasteiger partial charge >= 0.3 is 12.4 Å². The zero-order chi connectivity index (χ0) is 19.3. The van der Waals surface area contributed by atoms with Crippen molar-refractivity contribution in [3.8, 4) is 0 Å². The van der Waals surface area contributed by atoms with Gasteiger partial charge in [-0.3, -0.25) is 0 Å². The molecule has 3 nitrogen and oxygen atoms in total. The van der Waals surface area contributed by atoms with Gasteiger partial charge in [-0.05, 0) is 29.8 Å². The number of hydrogen-bond donors (Lipinski definition) is 2. The normalized spacial score (nSPS) is 14.0. The zero-order valence-corrected chi connectivity index (χ0v) is 13.5. The third-order valence-electron chi connectivity index (χ3n) is 3.76. The molecule has 0 bridgehead atoms. The van der Waals surface area contributed by atoms with Crippen molar-refractivity contribution in [2.45, 2.75) is 18.4 Å². The fraction of sp³-hybridized carbons (Fsp3) is 0.188. The minimum atomic E-state index is -5.00. The molecule has 0 radical (unpaired) electrons. The molecular weight excluding hydrogens is 384 g/mol. The number of nitrogens with two attached hydrogens (primary N) is 1. The summed E-state index contributed by atoms with van der Waals surface area (Å²) >= 11 is 5.76. The minimum Gasteiger partial charge on any atom is -0.340 e. The molecule has 0 aliphatic heterocycles. The zero-order valence-electron chi connectivity index (χ0n) is 12.7. The molecule has 0 amide bonds. The van der Waals surface area contributed by atoms with Crippen molar-refractivity contribution in [3.05, 3.63) is 63.9 Å². The molecule has 0 saturated heterocycles. The van der Waals surface area contributed by atoms with E-state index < -0.39 is 40.6 Å². The summed E-state index contributed by atoms with van der Waals surface area (Å²) in [5, 5.41) is 0.430. The van der Waals surface area contributed by atoms with Crippen LogP contribution in [-0.4, -0.2) is 9.97 Å². The highest BCUT2D eigenvalue weighted by Crippen LogP contribution is 2.39. The predicted octanol–water partition coefficient (Wildman–Crippen LogP) is 5.30. The van der Waals surface area contributed by atoms with Crippen LogP contribution in [0.4, 0.5) is 26.3 Å². The first-order valence-corrected chi connectivity index (χ1v) is 7.53. The van der Waals surface area contributed by atoms with E-state index in [4.69, 9.17) is 17.3 Å². The van der Waals surface area contributed by atoms with E-state index in [1.807, 2.05) is 0 Å². The number of H-pyrrole nitrogens is 1. The first-order valence-electron chi connectivity index (χ1n) is 7.16. The van der Waals surface area contributed by atoms with Crippen LogP contribution < -0.4 is 5.73 Å². The molecule has 3 rings (SSSR count). The van der Waals surface area contributed by atoms with Crippen molar-refractivity contribution < 1.29 is 26.3 Å². The van der Waals surface area contributed by atoms with E-state index >= 15 is 0 Å². The number of fused-ring (bicyclic) bond motifs is 1.